The van der Waals surface area contributed by atoms with E-state index in [1.807, 2.05) is 26.8 Å². The molecule has 1 aliphatic carbocycles. The molecule has 0 unspecified atom stereocenters. The minimum atomic E-state index is -0.0857. The summed E-state index contributed by atoms with van der Waals surface area (Å²) in [7, 11) is 0. The molecule has 1 saturated carbocycles. The highest BCUT2D eigenvalue weighted by molar-refractivity contribution is 5.95. The molecule has 150 valence electrons. The van der Waals surface area contributed by atoms with E-state index >= 15 is 0 Å². The van der Waals surface area contributed by atoms with E-state index in [1.54, 1.807) is 0 Å². The third-order valence-corrected chi connectivity index (χ3v) is 5.93. The lowest BCUT2D eigenvalue weighted by atomic mass is 9.70. The van der Waals surface area contributed by atoms with Crippen LogP contribution >= 0.6 is 0 Å². The highest BCUT2D eigenvalue weighted by Crippen LogP contribution is 2.43. The molecule has 0 aromatic carbocycles. The Labute approximate surface area is 166 Å². The Bertz CT molecular complexity index is 725. The zero-order valence-electron chi connectivity index (χ0n) is 18.7. The van der Waals surface area contributed by atoms with E-state index < -0.39 is 0 Å². The minimum Gasteiger partial charge on any atom is -0.453 e. The first-order valence-corrected chi connectivity index (χ1v) is 10.4. The van der Waals surface area contributed by atoms with Gasteiger partial charge in [0.1, 0.15) is 5.76 Å². The number of allylic oxidation sites excluding steroid dienone is 3. The van der Waals surface area contributed by atoms with Crippen LogP contribution in [0.5, 0.6) is 0 Å². The summed E-state index contributed by atoms with van der Waals surface area (Å²) in [5, 5.41) is 0. The van der Waals surface area contributed by atoms with Gasteiger partial charge >= 0.3 is 0 Å². The standard InChI is InChI=1S/C25H38O2/c1-16(2)22(26)21-15-18(4)23(27-21)20(24(5,6)7)14-17(3)19-10-12-25(8,9)13-11-19/h14-16,19H,3,10-13H2,1-2,4-9H3/b20-14+. The highest BCUT2D eigenvalue weighted by Gasteiger charge is 2.30. The summed E-state index contributed by atoms with van der Waals surface area (Å²) in [6.45, 7) is 21.6. The molecule has 27 heavy (non-hydrogen) atoms. The Morgan fingerprint density at radius 2 is 1.81 bits per heavy atom. The predicted molar refractivity (Wildman–Crippen MR) is 115 cm³/mol. The highest BCUT2D eigenvalue weighted by atomic mass is 16.3. The Morgan fingerprint density at radius 3 is 2.30 bits per heavy atom. The number of aryl methyl sites for hydroxylation is 1. The van der Waals surface area contributed by atoms with E-state index in [4.69, 9.17) is 4.42 Å². The minimum absolute atomic E-state index is 0.0611. The number of Topliss-reactive ketones (excluding diaryl/α,β-unsaturated/α-hetero) is 1. The lowest BCUT2D eigenvalue weighted by Crippen LogP contribution is -2.22. The molecule has 0 saturated heterocycles. The fourth-order valence-electron chi connectivity index (χ4n) is 3.85. The molecule has 1 heterocycles. The first-order valence-electron chi connectivity index (χ1n) is 10.4. The van der Waals surface area contributed by atoms with Crippen molar-refractivity contribution in [3.8, 4) is 0 Å². The van der Waals surface area contributed by atoms with Gasteiger partial charge in [-0.2, -0.15) is 0 Å². The van der Waals surface area contributed by atoms with Gasteiger partial charge in [0.2, 0.25) is 5.78 Å². The molecule has 2 nitrogen and oxygen atoms in total. The Hall–Kier alpha value is -1.57. The number of carbonyl (C=O) groups is 1. The fraction of sp³-hybridized carbons (Fsp3) is 0.640. The fourth-order valence-corrected chi connectivity index (χ4v) is 3.85. The monoisotopic (exact) mass is 370 g/mol. The molecule has 0 bridgehead atoms. The summed E-state index contributed by atoms with van der Waals surface area (Å²) in [6.07, 6.45) is 7.14. The van der Waals surface area contributed by atoms with Crippen molar-refractivity contribution in [1.82, 2.24) is 0 Å². The second kappa shape index (κ2) is 7.81. The normalized spacial score (nSPS) is 18.8. The molecule has 1 aliphatic rings. The topological polar surface area (TPSA) is 30.2 Å². The van der Waals surface area contributed by atoms with Crippen LogP contribution in [0.1, 0.15) is 96.0 Å². The van der Waals surface area contributed by atoms with Crippen molar-refractivity contribution < 1.29 is 9.21 Å². The quantitative estimate of drug-likeness (QED) is 0.394. The number of carbonyl (C=O) groups excluding carboxylic acids is 1. The first kappa shape index (κ1) is 21.7. The van der Waals surface area contributed by atoms with Crippen molar-refractivity contribution in [3.63, 3.8) is 0 Å². The van der Waals surface area contributed by atoms with Crippen LogP contribution in [0.3, 0.4) is 0 Å². The van der Waals surface area contributed by atoms with Gasteiger partial charge in [0.05, 0.1) is 0 Å². The maximum absolute atomic E-state index is 12.4. The van der Waals surface area contributed by atoms with Crippen molar-refractivity contribution in [3.05, 3.63) is 41.4 Å². The van der Waals surface area contributed by atoms with E-state index in [1.165, 1.54) is 31.3 Å². The van der Waals surface area contributed by atoms with Crippen molar-refractivity contribution in [2.45, 2.75) is 81.1 Å². The maximum Gasteiger partial charge on any atom is 0.200 e. The smallest absolute Gasteiger partial charge is 0.200 e. The summed E-state index contributed by atoms with van der Waals surface area (Å²) >= 11 is 0. The van der Waals surface area contributed by atoms with Gasteiger partial charge < -0.3 is 4.42 Å². The van der Waals surface area contributed by atoms with Crippen molar-refractivity contribution in [2.75, 3.05) is 0 Å². The third kappa shape index (κ3) is 5.24. The SMILES string of the molecule is C=C(/C=C(\c1oc(C(=O)C(C)C)cc1C)C(C)(C)C)C1CCC(C)(C)CC1. The molecular formula is C25H38O2. The summed E-state index contributed by atoms with van der Waals surface area (Å²) in [5.74, 6) is 1.85. The molecule has 2 rings (SSSR count). The van der Waals surface area contributed by atoms with Gasteiger partial charge in [-0.05, 0) is 61.0 Å². The van der Waals surface area contributed by atoms with E-state index in [-0.39, 0.29) is 17.1 Å². The van der Waals surface area contributed by atoms with Gasteiger partial charge in [-0.25, -0.2) is 0 Å². The first-order chi connectivity index (χ1) is 12.3. The molecule has 0 amide bonds. The van der Waals surface area contributed by atoms with Crippen LogP contribution in [-0.4, -0.2) is 5.78 Å². The Kier molecular flexibility index (Phi) is 6.29. The lowest BCUT2D eigenvalue weighted by molar-refractivity contribution is 0.0910. The van der Waals surface area contributed by atoms with Gasteiger partial charge in [0.25, 0.3) is 0 Å². The maximum atomic E-state index is 12.4. The molecule has 0 aliphatic heterocycles. The molecule has 0 N–H and O–H groups in total. The van der Waals surface area contributed by atoms with Crippen LogP contribution in [0.2, 0.25) is 0 Å². The van der Waals surface area contributed by atoms with Gasteiger partial charge in [-0.15, -0.1) is 0 Å². The van der Waals surface area contributed by atoms with E-state index in [0.29, 0.717) is 17.1 Å². The van der Waals surface area contributed by atoms with Crippen LogP contribution < -0.4 is 0 Å². The van der Waals surface area contributed by atoms with Crippen molar-refractivity contribution >= 4 is 11.4 Å². The molecule has 2 heteroatoms. The van der Waals surface area contributed by atoms with Gasteiger partial charge in [0.15, 0.2) is 5.76 Å². The average Bonchev–Trinajstić information content (AvgIpc) is 2.91. The van der Waals surface area contributed by atoms with Gasteiger partial charge in [-0.1, -0.05) is 66.7 Å². The molecule has 0 spiro atoms. The van der Waals surface area contributed by atoms with Crippen LogP contribution in [-0.2, 0) is 0 Å². The van der Waals surface area contributed by atoms with E-state index in [0.717, 1.165) is 16.9 Å². The number of ketones is 1. The van der Waals surface area contributed by atoms with Crippen LogP contribution in [0.15, 0.2) is 28.7 Å². The predicted octanol–water partition coefficient (Wildman–Crippen LogP) is 7.63. The third-order valence-electron chi connectivity index (χ3n) is 5.93. The van der Waals surface area contributed by atoms with Gasteiger partial charge in [0, 0.05) is 11.5 Å². The van der Waals surface area contributed by atoms with Crippen molar-refractivity contribution in [2.24, 2.45) is 22.7 Å². The molecule has 1 aromatic heterocycles. The molecular weight excluding hydrogens is 332 g/mol. The largest absolute Gasteiger partial charge is 0.453 e. The van der Waals surface area contributed by atoms with Crippen LogP contribution in [0, 0.1) is 29.6 Å². The van der Waals surface area contributed by atoms with E-state index in [9.17, 15) is 4.79 Å². The van der Waals surface area contributed by atoms with E-state index in [2.05, 4.69) is 47.3 Å². The van der Waals surface area contributed by atoms with Crippen LogP contribution in [0.25, 0.3) is 5.57 Å². The summed E-state index contributed by atoms with van der Waals surface area (Å²) in [5.41, 5.74) is 3.73. The second-order valence-electron chi connectivity index (χ2n) is 10.5. The molecule has 0 atom stereocenters. The number of rotatable bonds is 5. The molecule has 1 aromatic rings. The number of hydrogen-bond acceptors (Lipinski definition) is 2. The summed E-state index contributed by atoms with van der Waals surface area (Å²) in [6, 6.07) is 1.89. The average molecular weight is 371 g/mol. The zero-order valence-corrected chi connectivity index (χ0v) is 18.7. The zero-order chi connectivity index (χ0) is 20.6. The number of hydrogen-bond donors (Lipinski definition) is 0. The second-order valence-corrected chi connectivity index (χ2v) is 10.5. The summed E-state index contributed by atoms with van der Waals surface area (Å²) in [4.78, 5) is 12.4. The Balaban J connectivity index is 2.35. The molecule has 1 fully saturated rings. The Morgan fingerprint density at radius 1 is 1.26 bits per heavy atom. The lowest BCUT2D eigenvalue weighted by Gasteiger charge is -2.35. The van der Waals surface area contributed by atoms with Gasteiger partial charge in [-0.3, -0.25) is 4.79 Å². The van der Waals surface area contributed by atoms with Crippen molar-refractivity contribution in [1.29, 1.82) is 0 Å². The van der Waals surface area contributed by atoms with Crippen LogP contribution in [0.4, 0.5) is 0 Å². The molecule has 0 radical (unpaired) electrons. The summed E-state index contributed by atoms with van der Waals surface area (Å²) < 4.78 is 6.09. The number of furan rings is 1.